The lowest BCUT2D eigenvalue weighted by Gasteiger charge is -2.21. The number of carbonyl (C=O) groups is 3. The minimum absolute atomic E-state index is 0.0431. The van der Waals surface area contributed by atoms with Crippen molar-refractivity contribution in [3.8, 4) is 11.1 Å². The molecule has 2 amide bonds. The Kier molecular flexibility index (Phi) is 5.99. The number of aliphatic carboxylic acids is 1. The van der Waals surface area contributed by atoms with Crippen LogP contribution in [-0.4, -0.2) is 47.2 Å². The summed E-state index contributed by atoms with van der Waals surface area (Å²) in [6, 6.07) is 21.2. The number of amides is 2. The minimum atomic E-state index is -1.05. The summed E-state index contributed by atoms with van der Waals surface area (Å²) in [6.07, 6.45) is 0.995. The molecule has 0 aliphatic heterocycles. The average Bonchev–Trinajstić information content (AvgIpc) is 3.65. The predicted molar refractivity (Wildman–Crippen MR) is 132 cm³/mol. The van der Waals surface area contributed by atoms with E-state index in [2.05, 4.69) is 29.6 Å². The molecule has 3 aromatic carbocycles. The third-order valence-electron chi connectivity index (χ3n) is 6.62. The Balaban J connectivity index is 1.29. The van der Waals surface area contributed by atoms with Crippen LogP contribution in [-0.2, 0) is 9.53 Å². The maximum absolute atomic E-state index is 13.0. The first-order valence-corrected chi connectivity index (χ1v) is 11.7. The number of aryl methyl sites for hydroxylation is 1. The van der Waals surface area contributed by atoms with Crippen LogP contribution in [0.25, 0.3) is 11.1 Å². The van der Waals surface area contributed by atoms with Crippen molar-refractivity contribution in [1.82, 2.24) is 4.90 Å². The number of ether oxygens (including phenoxy) is 1. The summed E-state index contributed by atoms with van der Waals surface area (Å²) < 4.78 is 5.62. The van der Waals surface area contributed by atoms with Crippen LogP contribution in [0.3, 0.4) is 0 Å². The molecule has 7 heteroatoms. The quantitative estimate of drug-likeness (QED) is 0.504. The molecule has 0 spiro atoms. The third-order valence-corrected chi connectivity index (χ3v) is 6.62. The van der Waals surface area contributed by atoms with Crippen LogP contribution in [0.4, 0.5) is 10.5 Å². The van der Waals surface area contributed by atoms with Gasteiger partial charge in [-0.05, 0) is 59.7 Å². The first-order valence-electron chi connectivity index (χ1n) is 11.7. The van der Waals surface area contributed by atoms with Crippen molar-refractivity contribution in [2.45, 2.75) is 31.7 Å². The van der Waals surface area contributed by atoms with Gasteiger partial charge < -0.3 is 14.7 Å². The number of nitrogens with one attached hydrogen (secondary N) is 1. The van der Waals surface area contributed by atoms with E-state index < -0.39 is 12.1 Å². The van der Waals surface area contributed by atoms with Crippen LogP contribution in [0.5, 0.6) is 0 Å². The number of benzene rings is 3. The van der Waals surface area contributed by atoms with Gasteiger partial charge in [0.2, 0.25) is 0 Å². The fourth-order valence-electron chi connectivity index (χ4n) is 4.70. The molecule has 0 unspecified atom stereocenters. The molecular formula is C28H26N2O5. The largest absolute Gasteiger partial charge is 0.480 e. The summed E-state index contributed by atoms with van der Waals surface area (Å²) in [5.74, 6) is -1.45. The Bertz CT molecular complexity index is 1270. The van der Waals surface area contributed by atoms with Crippen molar-refractivity contribution in [2.24, 2.45) is 0 Å². The van der Waals surface area contributed by atoms with E-state index in [-0.39, 0.29) is 31.0 Å². The fraction of sp³-hybridized carbons (Fsp3) is 0.250. The normalized spacial score (nSPS) is 14.1. The zero-order valence-corrected chi connectivity index (χ0v) is 19.4. The number of rotatable bonds is 7. The number of carboxylic acids is 1. The minimum Gasteiger partial charge on any atom is -0.480 e. The highest BCUT2D eigenvalue weighted by molar-refractivity contribution is 5.98. The van der Waals surface area contributed by atoms with Gasteiger partial charge in [0.1, 0.15) is 13.2 Å². The number of nitrogens with zero attached hydrogens (tertiary/aromatic N) is 1. The Morgan fingerprint density at radius 3 is 2.20 bits per heavy atom. The van der Waals surface area contributed by atoms with Gasteiger partial charge in [-0.15, -0.1) is 0 Å². The van der Waals surface area contributed by atoms with Gasteiger partial charge in [-0.2, -0.15) is 0 Å². The van der Waals surface area contributed by atoms with Gasteiger partial charge in [0.05, 0.1) is 0 Å². The highest BCUT2D eigenvalue weighted by atomic mass is 16.5. The smallest absolute Gasteiger partial charge is 0.411 e. The summed E-state index contributed by atoms with van der Waals surface area (Å²) in [5, 5.41) is 11.9. The summed E-state index contributed by atoms with van der Waals surface area (Å²) in [5.41, 5.74) is 6.12. The zero-order chi connectivity index (χ0) is 24.5. The van der Waals surface area contributed by atoms with Crippen LogP contribution in [0.1, 0.15) is 45.8 Å². The molecule has 2 N–H and O–H groups in total. The molecule has 0 atom stereocenters. The topological polar surface area (TPSA) is 95.9 Å². The van der Waals surface area contributed by atoms with Gasteiger partial charge in [0.25, 0.3) is 5.91 Å². The fourth-order valence-corrected chi connectivity index (χ4v) is 4.70. The summed E-state index contributed by atoms with van der Waals surface area (Å²) in [6.45, 7) is 1.67. The van der Waals surface area contributed by atoms with Gasteiger partial charge >= 0.3 is 12.1 Å². The molecule has 7 nitrogen and oxygen atoms in total. The molecule has 1 saturated carbocycles. The van der Waals surface area contributed by atoms with Crippen LogP contribution in [0.15, 0.2) is 66.7 Å². The van der Waals surface area contributed by atoms with E-state index >= 15 is 0 Å². The van der Waals surface area contributed by atoms with Crippen molar-refractivity contribution in [2.75, 3.05) is 18.5 Å². The lowest BCUT2D eigenvalue weighted by Crippen LogP contribution is -2.37. The Morgan fingerprint density at radius 2 is 1.60 bits per heavy atom. The molecule has 0 radical (unpaired) electrons. The van der Waals surface area contributed by atoms with E-state index in [0.29, 0.717) is 11.3 Å². The number of carbonyl (C=O) groups excluding carboxylic acids is 2. The van der Waals surface area contributed by atoms with Crippen molar-refractivity contribution in [3.05, 3.63) is 89.0 Å². The van der Waals surface area contributed by atoms with Crippen LogP contribution < -0.4 is 5.32 Å². The first kappa shape index (κ1) is 22.7. The van der Waals surface area contributed by atoms with Crippen molar-refractivity contribution < 1.29 is 24.2 Å². The van der Waals surface area contributed by atoms with Crippen LogP contribution >= 0.6 is 0 Å². The van der Waals surface area contributed by atoms with Gasteiger partial charge in [0.15, 0.2) is 0 Å². The highest BCUT2D eigenvalue weighted by Gasteiger charge is 2.34. The number of hydrogen-bond donors (Lipinski definition) is 2. The molecule has 0 bridgehead atoms. The summed E-state index contributed by atoms with van der Waals surface area (Å²) in [4.78, 5) is 38.3. The number of carboxylic acid groups (broad SMARTS) is 1. The van der Waals surface area contributed by atoms with E-state index in [1.807, 2.05) is 31.2 Å². The van der Waals surface area contributed by atoms with E-state index in [1.165, 1.54) is 4.90 Å². The maximum atomic E-state index is 13.0. The lowest BCUT2D eigenvalue weighted by molar-refractivity contribution is -0.137. The molecule has 3 aromatic rings. The van der Waals surface area contributed by atoms with Crippen LogP contribution in [0.2, 0.25) is 0 Å². The molecule has 0 aromatic heterocycles. The molecule has 1 fully saturated rings. The highest BCUT2D eigenvalue weighted by Crippen LogP contribution is 2.44. The first-order chi connectivity index (χ1) is 16.9. The maximum Gasteiger partial charge on any atom is 0.411 e. The number of hydrogen-bond acceptors (Lipinski definition) is 4. The summed E-state index contributed by atoms with van der Waals surface area (Å²) in [7, 11) is 0. The third kappa shape index (κ3) is 4.62. The second-order valence-corrected chi connectivity index (χ2v) is 9.04. The van der Waals surface area contributed by atoms with Gasteiger partial charge in [-0.25, -0.2) is 4.79 Å². The summed E-state index contributed by atoms with van der Waals surface area (Å²) >= 11 is 0. The SMILES string of the molecule is Cc1ccc(C(=O)N(CC(=O)O)C2CC2)cc1NC(=O)OCC1c2ccccc2-c2ccccc21. The standard InChI is InChI=1S/C28H26N2O5/c1-17-10-11-18(27(33)30(15-26(31)32)19-12-13-19)14-25(17)29-28(34)35-16-24-22-8-4-2-6-20(22)21-7-3-5-9-23(21)24/h2-11,14,19,24H,12-13,15-16H2,1H3,(H,29,34)(H,31,32). The predicted octanol–water partition coefficient (Wildman–Crippen LogP) is 5.05. The number of anilines is 1. The van der Waals surface area contributed by atoms with Gasteiger partial charge in [0, 0.05) is 23.2 Å². The van der Waals surface area contributed by atoms with Gasteiger partial charge in [-0.1, -0.05) is 54.6 Å². The van der Waals surface area contributed by atoms with Crippen molar-refractivity contribution in [3.63, 3.8) is 0 Å². The van der Waals surface area contributed by atoms with E-state index in [0.717, 1.165) is 40.7 Å². The van der Waals surface area contributed by atoms with Crippen LogP contribution in [0, 0.1) is 6.92 Å². The Morgan fingerprint density at radius 1 is 0.971 bits per heavy atom. The molecule has 2 aliphatic rings. The molecule has 2 aliphatic carbocycles. The Hall–Kier alpha value is -4.13. The van der Waals surface area contributed by atoms with E-state index in [9.17, 15) is 19.5 Å². The van der Waals surface area contributed by atoms with Gasteiger partial charge in [-0.3, -0.25) is 14.9 Å². The van der Waals surface area contributed by atoms with Crippen molar-refractivity contribution >= 4 is 23.7 Å². The average molecular weight is 471 g/mol. The van der Waals surface area contributed by atoms with Crippen molar-refractivity contribution in [1.29, 1.82) is 0 Å². The number of fused-ring (bicyclic) bond motifs is 3. The molecule has 35 heavy (non-hydrogen) atoms. The molecule has 178 valence electrons. The molecule has 5 rings (SSSR count). The van der Waals surface area contributed by atoms with E-state index in [4.69, 9.17) is 4.74 Å². The second kappa shape index (κ2) is 9.25. The Labute approximate surface area is 203 Å². The van der Waals surface area contributed by atoms with E-state index in [1.54, 1.807) is 18.2 Å². The monoisotopic (exact) mass is 470 g/mol. The zero-order valence-electron chi connectivity index (χ0n) is 19.4. The lowest BCUT2D eigenvalue weighted by atomic mass is 9.98. The molecule has 0 heterocycles. The molecule has 0 saturated heterocycles. The second-order valence-electron chi connectivity index (χ2n) is 9.04. The molecular weight excluding hydrogens is 444 g/mol.